The van der Waals surface area contributed by atoms with Crippen molar-refractivity contribution in [1.82, 2.24) is 0 Å². The molecule has 0 saturated heterocycles. The molecule has 3 rings (SSSR count). The van der Waals surface area contributed by atoms with Gasteiger partial charge in [0.1, 0.15) is 0 Å². The molecule has 1 heterocycles. The number of aliphatic hydroxyl groups is 1. The Hall–Kier alpha value is -2.76. The monoisotopic (exact) mass is 437 g/mol. The maximum atomic E-state index is 12.9. The summed E-state index contributed by atoms with van der Waals surface area (Å²) in [6.07, 6.45) is 7.88. The fourth-order valence-electron chi connectivity index (χ4n) is 3.21. The number of allylic oxidation sites excluding steroid dienone is 3. The number of carbonyl (C=O) groups excluding carboxylic acids is 2. The third-order valence-electron chi connectivity index (χ3n) is 4.52. The minimum Gasteiger partial charge on any atom is -0.375 e. The zero-order valence-corrected chi connectivity index (χ0v) is 16.8. The second-order valence-corrected chi connectivity index (χ2v) is 7.41. The molecule has 1 unspecified atom stereocenters. The Morgan fingerprint density at radius 1 is 1.18 bits per heavy atom. The van der Waals surface area contributed by atoms with Crippen LogP contribution >= 0.6 is 15.9 Å². The Kier molecular flexibility index (Phi) is 6.07. The highest BCUT2D eigenvalue weighted by atomic mass is 79.9. The molecular weight excluding hydrogens is 418 g/mol. The van der Waals surface area contributed by atoms with Gasteiger partial charge in [-0.2, -0.15) is 0 Å². The van der Waals surface area contributed by atoms with Crippen LogP contribution in [0.25, 0.3) is 6.08 Å². The van der Waals surface area contributed by atoms with Gasteiger partial charge in [0.2, 0.25) is 0 Å². The summed E-state index contributed by atoms with van der Waals surface area (Å²) in [5.74, 6) is -0.845. The first kappa shape index (κ1) is 20.0. The van der Waals surface area contributed by atoms with E-state index in [1.807, 2.05) is 36.4 Å². The Labute approximate surface area is 172 Å². The fraction of sp³-hybridized carbons (Fsp3) is 0.130. The van der Waals surface area contributed by atoms with Gasteiger partial charge < -0.3 is 10.0 Å². The molecule has 1 N–H and O–H groups in total. The molecule has 1 aliphatic rings. The van der Waals surface area contributed by atoms with Crippen LogP contribution in [0.2, 0.25) is 0 Å². The highest BCUT2D eigenvalue weighted by Crippen LogP contribution is 2.43. The third kappa shape index (κ3) is 4.06. The molecule has 0 spiro atoms. The number of rotatable bonds is 7. The number of anilines is 1. The van der Waals surface area contributed by atoms with Gasteiger partial charge in [0.25, 0.3) is 5.91 Å². The zero-order valence-electron chi connectivity index (χ0n) is 15.2. The molecule has 0 aliphatic carbocycles. The van der Waals surface area contributed by atoms with E-state index in [4.69, 9.17) is 0 Å². The number of hydrogen-bond acceptors (Lipinski definition) is 3. The van der Waals surface area contributed by atoms with Crippen molar-refractivity contribution in [2.75, 3.05) is 11.4 Å². The predicted octanol–water partition coefficient (Wildman–Crippen LogP) is 4.40. The van der Waals surface area contributed by atoms with Gasteiger partial charge >= 0.3 is 0 Å². The van der Waals surface area contributed by atoms with Crippen molar-refractivity contribution >= 4 is 39.4 Å². The van der Waals surface area contributed by atoms with Crippen molar-refractivity contribution in [3.05, 3.63) is 95.0 Å². The summed E-state index contributed by atoms with van der Waals surface area (Å²) in [4.78, 5) is 26.7. The Balaban J connectivity index is 1.78. The molecule has 5 heteroatoms. The van der Waals surface area contributed by atoms with Gasteiger partial charge in [-0.15, -0.1) is 6.58 Å². The summed E-state index contributed by atoms with van der Waals surface area (Å²) in [6, 6.07) is 14.9. The first-order valence-electron chi connectivity index (χ1n) is 8.83. The van der Waals surface area contributed by atoms with Crippen LogP contribution in [-0.4, -0.2) is 23.3 Å². The van der Waals surface area contributed by atoms with Crippen LogP contribution in [-0.2, 0) is 15.2 Å². The maximum absolute atomic E-state index is 12.9. The van der Waals surface area contributed by atoms with Crippen molar-refractivity contribution in [2.45, 2.75) is 12.0 Å². The smallest absolute Gasteiger partial charge is 0.264 e. The summed E-state index contributed by atoms with van der Waals surface area (Å²) in [7, 11) is 0. The fourth-order valence-corrected chi connectivity index (χ4v) is 3.57. The van der Waals surface area contributed by atoms with Crippen molar-refractivity contribution in [1.29, 1.82) is 0 Å². The minimum atomic E-state index is -1.88. The maximum Gasteiger partial charge on any atom is 0.264 e. The van der Waals surface area contributed by atoms with Gasteiger partial charge in [0.05, 0.1) is 12.1 Å². The number of hydrogen-bond donors (Lipinski definition) is 1. The van der Waals surface area contributed by atoms with Crippen LogP contribution in [0.15, 0.2) is 83.9 Å². The largest absolute Gasteiger partial charge is 0.375 e. The molecule has 0 bridgehead atoms. The van der Waals surface area contributed by atoms with Gasteiger partial charge in [-0.3, -0.25) is 9.59 Å². The molecule has 1 aliphatic heterocycles. The predicted molar refractivity (Wildman–Crippen MR) is 115 cm³/mol. The van der Waals surface area contributed by atoms with E-state index in [2.05, 4.69) is 22.5 Å². The average Bonchev–Trinajstić information content (AvgIpc) is 2.88. The number of halogens is 1. The molecule has 142 valence electrons. The van der Waals surface area contributed by atoms with Crippen LogP contribution < -0.4 is 4.90 Å². The summed E-state index contributed by atoms with van der Waals surface area (Å²) in [6.45, 7) is 3.93. The molecule has 2 aromatic carbocycles. The lowest BCUT2D eigenvalue weighted by atomic mass is 9.90. The van der Waals surface area contributed by atoms with E-state index in [1.54, 1.807) is 36.4 Å². The van der Waals surface area contributed by atoms with Gasteiger partial charge in [-0.05, 0) is 29.8 Å². The molecule has 0 radical (unpaired) electrons. The van der Waals surface area contributed by atoms with Crippen molar-refractivity contribution in [3.63, 3.8) is 0 Å². The molecule has 1 amide bonds. The topological polar surface area (TPSA) is 57.6 Å². The van der Waals surface area contributed by atoms with E-state index in [0.717, 1.165) is 10.0 Å². The zero-order chi connectivity index (χ0) is 20.1. The Morgan fingerprint density at radius 2 is 1.93 bits per heavy atom. The summed E-state index contributed by atoms with van der Waals surface area (Å²) < 4.78 is 0.728. The number of nitrogens with zero attached hydrogens (tertiary/aromatic N) is 1. The number of fused-ring (bicyclic) bond motifs is 1. The van der Waals surface area contributed by atoms with Crippen LogP contribution in [0.4, 0.5) is 5.69 Å². The number of carbonyl (C=O) groups is 2. The van der Waals surface area contributed by atoms with Gasteiger partial charge in [0, 0.05) is 16.6 Å². The lowest BCUT2D eigenvalue weighted by molar-refractivity contribution is -0.140. The first-order valence-corrected chi connectivity index (χ1v) is 9.63. The summed E-state index contributed by atoms with van der Waals surface area (Å²) >= 11 is 3.37. The molecule has 0 aromatic heterocycles. The van der Waals surface area contributed by atoms with Gasteiger partial charge in [-0.1, -0.05) is 70.6 Å². The van der Waals surface area contributed by atoms with Crippen molar-refractivity contribution in [3.8, 4) is 0 Å². The van der Waals surface area contributed by atoms with Crippen molar-refractivity contribution < 1.29 is 14.7 Å². The van der Waals surface area contributed by atoms with Gasteiger partial charge in [0.15, 0.2) is 11.4 Å². The highest BCUT2D eigenvalue weighted by Gasteiger charge is 2.50. The normalized spacial score (nSPS) is 18.8. The minimum absolute atomic E-state index is 0.264. The van der Waals surface area contributed by atoms with E-state index in [1.165, 1.54) is 11.0 Å². The van der Waals surface area contributed by atoms with Crippen LogP contribution in [0.3, 0.4) is 0 Å². The molecule has 28 heavy (non-hydrogen) atoms. The van der Waals surface area contributed by atoms with E-state index < -0.39 is 11.5 Å². The quantitative estimate of drug-likeness (QED) is 0.396. The van der Waals surface area contributed by atoms with Gasteiger partial charge in [-0.25, -0.2) is 0 Å². The Bertz CT molecular complexity index is 965. The van der Waals surface area contributed by atoms with E-state index in [0.29, 0.717) is 11.3 Å². The molecular formula is C23H20BrNO3. The van der Waals surface area contributed by atoms with Crippen LogP contribution in [0.1, 0.15) is 17.5 Å². The number of ketones is 1. The second-order valence-electron chi connectivity index (χ2n) is 6.50. The molecule has 1 atom stereocenters. The average molecular weight is 438 g/mol. The van der Waals surface area contributed by atoms with E-state index in [-0.39, 0.29) is 18.7 Å². The lowest BCUT2D eigenvalue weighted by Gasteiger charge is -2.21. The number of amides is 1. The number of benzene rings is 2. The summed E-state index contributed by atoms with van der Waals surface area (Å²) in [5.41, 5.74) is 0.155. The summed E-state index contributed by atoms with van der Waals surface area (Å²) in [5, 5.41) is 11.1. The second kappa shape index (κ2) is 8.50. The van der Waals surface area contributed by atoms with Crippen LogP contribution in [0.5, 0.6) is 0 Å². The van der Waals surface area contributed by atoms with E-state index in [9.17, 15) is 14.7 Å². The highest BCUT2D eigenvalue weighted by molar-refractivity contribution is 9.10. The first-order chi connectivity index (χ1) is 13.5. The van der Waals surface area contributed by atoms with Crippen molar-refractivity contribution in [2.24, 2.45) is 0 Å². The molecule has 0 fully saturated rings. The Morgan fingerprint density at radius 3 is 2.64 bits per heavy atom. The SMILES string of the molecule is C=CCN1C(=O)C(O)(CC(=O)/C=C/C=C/c2ccccc2)c2cc(Br)ccc21. The molecule has 4 nitrogen and oxygen atoms in total. The molecule has 0 saturated carbocycles. The standard InChI is InChI=1S/C23H20BrNO3/c1-2-14-25-21-13-12-18(24)15-20(21)23(28,22(25)27)16-19(26)11-7-6-10-17-8-4-3-5-9-17/h2-13,15,28H,1,14,16H2/b10-6+,11-7+. The third-order valence-corrected chi connectivity index (χ3v) is 5.01. The molecule has 2 aromatic rings. The van der Waals surface area contributed by atoms with E-state index >= 15 is 0 Å². The lowest BCUT2D eigenvalue weighted by Crippen LogP contribution is -2.41. The van der Waals surface area contributed by atoms with Crippen LogP contribution in [0, 0.1) is 0 Å².